The number of hydrogen-bond donors (Lipinski definition) is 11. The van der Waals surface area contributed by atoms with Gasteiger partial charge in [-0.25, -0.2) is 0 Å². The lowest BCUT2D eigenvalue weighted by Crippen LogP contribution is -2.68. The van der Waals surface area contributed by atoms with Crippen molar-refractivity contribution in [3.63, 3.8) is 0 Å². The maximum Gasteiger partial charge on any atom is 0.309 e. The molecule has 0 aromatic carbocycles. The lowest BCUT2D eigenvalue weighted by molar-refractivity contribution is -0.369. The lowest BCUT2D eigenvalue weighted by Gasteiger charge is -2.68. The number of hydrogen-bond acceptors (Lipinski definition) is 17. The molecule has 3 saturated heterocycles. The molecule has 7 rings (SSSR count). The Kier molecular flexibility index (Phi) is 12.6. The number of carbonyl (C=O) groups is 1. The van der Waals surface area contributed by atoms with Gasteiger partial charge in [-0.3, -0.25) is 4.79 Å². The number of methoxy groups -OCH3 is 1. The zero-order chi connectivity index (χ0) is 42.3. The summed E-state index contributed by atoms with van der Waals surface area (Å²) in [4.78, 5) is 12.8. The molecule has 11 N–H and O–H groups in total. The first-order chi connectivity index (χ1) is 27.4. The molecule has 332 valence electrons. The van der Waals surface area contributed by atoms with Crippen LogP contribution in [-0.2, 0) is 33.2 Å². The second kappa shape index (κ2) is 16.4. The molecular formula is C40H64O18. The van der Waals surface area contributed by atoms with Crippen LogP contribution in [0.25, 0.3) is 0 Å². The molecule has 15 unspecified atom stereocenters. The van der Waals surface area contributed by atoms with Gasteiger partial charge in [-0.15, -0.1) is 0 Å². The molecule has 18 nitrogen and oxygen atoms in total. The highest BCUT2D eigenvalue weighted by Gasteiger charge is 2.68. The fraction of sp³-hybridized carbons (Fsp3) is 0.925. The second-order valence-corrected chi connectivity index (χ2v) is 18.7. The number of aliphatic carboxylic acids is 1. The van der Waals surface area contributed by atoms with E-state index in [1.807, 2.05) is 13.8 Å². The maximum atomic E-state index is 12.8. The molecule has 7 aliphatic rings. The minimum absolute atomic E-state index is 0.0641. The van der Waals surface area contributed by atoms with Crippen LogP contribution in [0, 0.1) is 28.1 Å². The average Bonchev–Trinajstić information content (AvgIpc) is 3.20. The third-order valence-electron chi connectivity index (χ3n) is 16.0. The Morgan fingerprint density at radius 3 is 1.76 bits per heavy atom. The van der Waals surface area contributed by atoms with Crippen molar-refractivity contribution in [3.05, 3.63) is 11.1 Å². The molecule has 3 aliphatic heterocycles. The number of fused-ring (bicyclic) bond motifs is 3. The third kappa shape index (κ3) is 6.91. The molecular weight excluding hydrogens is 768 g/mol. The highest BCUT2D eigenvalue weighted by molar-refractivity contribution is 5.75. The van der Waals surface area contributed by atoms with Crippen LogP contribution >= 0.6 is 0 Å². The normalized spacial score (nSPS) is 53.4. The molecule has 0 amide bonds. The minimum Gasteiger partial charge on any atom is -0.481 e. The fourth-order valence-corrected chi connectivity index (χ4v) is 12.8. The number of carboxylic acids is 1. The quantitative estimate of drug-likeness (QED) is 0.107. The van der Waals surface area contributed by atoms with Gasteiger partial charge in [0.2, 0.25) is 0 Å². The number of carboxylic acid groups (broad SMARTS) is 1. The molecule has 3 saturated carbocycles. The first-order valence-corrected chi connectivity index (χ1v) is 20.7. The van der Waals surface area contributed by atoms with Gasteiger partial charge < -0.3 is 84.6 Å². The molecule has 18 heteroatoms. The van der Waals surface area contributed by atoms with Crippen molar-refractivity contribution in [2.24, 2.45) is 28.1 Å². The molecule has 21 atom stereocenters. The van der Waals surface area contributed by atoms with Crippen molar-refractivity contribution in [2.45, 2.75) is 176 Å². The molecule has 58 heavy (non-hydrogen) atoms. The SMILES string of the molecule is CO[C@]12CC[C@@H]3[C@](CC[C@H]4[C@@]3(C)CCC[C@@]4(C)C(=O)O)(CC(C3OC(CO)C(O)C(OC4OC(CO)C(O)C(O)C4O)C3OC3OC(CO)C(O)C(O)C3O)=C1C)C2. The van der Waals surface area contributed by atoms with Crippen molar-refractivity contribution >= 4 is 5.97 Å². The summed E-state index contributed by atoms with van der Waals surface area (Å²) >= 11 is 0. The standard InChI is InChI=1S/C40H64O18/c1-17-18(12-39-10-6-22-37(2,8-5-9-38(22,3)36(51)52)23(39)7-11-40(17,16-39)53-4)31-33(58-35-30(50)28(48)25(45)20(14-42)56-35)32(26(46)21(15-43)54-31)57-34-29(49)27(47)24(44)19(13-41)55-34/h19-35,41-50H,5-16H2,1-4H3,(H,51,52)/t19?,20?,21?,22-,23-,24?,25?,26?,27?,28?,29?,30?,31?,32?,33?,34?,35?,37+,38+,39+,40-/m0/s1. The van der Waals surface area contributed by atoms with E-state index >= 15 is 0 Å². The summed E-state index contributed by atoms with van der Waals surface area (Å²) in [6.07, 6.45) is -18.6. The van der Waals surface area contributed by atoms with Gasteiger partial charge in [0.15, 0.2) is 12.6 Å². The molecule has 0 radical (unpaired) electrons. The van der Waals surface area contributed by atoms with Crippen LogP contribution in [0.4, 0.5) is 0 Å². The minimum atomic E-state index is -1.90. The Bertz CT molecular complexity index is 1530. The highest BCUT2D eigenvalue weighted by Crippen LogP contribution is 2.72. The van der Waals surface area contributed by atoms with E-state index in [4.69, 9.17) is 28.4 Å². The van der Waals surface area contributed by atoms with Gasteiger partial charge in [-0.2, -0.15) is 0 Å². The third-order valence-corrected chi connectivity index (χ3v) is 16.0. The van der Waals surface area contributed by atoms with Gasteiger partial charge in [0, 0.05) is 7.11 Å². The first-order valence-electron chi connectivity index (χ1n) is 20.7. The molecule has 6 fully saturated rings. The summed E-state index contributed by atoms with van der Waals surface area (Å²) in [5.41, 5.74) is -0.938. The second-order valence-electron chi connectivity index (χ2n) is 18.7. The van der Waals surface area contributed by atoms with Crippen molar-refractivity contribution in [1.29, 1.82) is 0 Å². The van der Waals surface area contributed by atoms with E-state index in [1.54, 1.807) is 7.11 Å². The molecule has 4 aliphatic carbocycles. The monoisotopic (exact) mass is 832 g/mol. The van der Waals surface area contributed by atoms with Gasteiger partial charge in [-0.1, -0.05) is 13.3 Å². The van der Waals surface area contributed by atoms with Gasteiger partial charge in [-0.05, 0) is 99.0 Å². The average molecular weight is 833 g/mol. The van der Waals surface area contributed by atoms with Gasteiger partial charge in [0.25, 0.3) is 0 Å². The van der Waals surface area contributed by atoms with Crippen molar-refractivity contribution in [3.8, 4) is 0 Å². The lowest BCUT2D eigenvalue weighted by atomic mass is 9.37. The summed E-state index contributed by atoms with van der Waals surface area (Å²) in [6.45, 7) is 3.78. The van der Waals surface area contributed by atoms with Gasteiger partial charge >= 0.3 is 5.97 Å². The van der Waals surface area contributed by atoms with Gasteiger partial charge in [0.1, 0.15) is 79.4 Å². The zero-order valence-electron chi connectivity index (χ0n) is 33.6. The van der Waals surface area contributed by atoms with E-state index in [2.05, 4.69) is 6.92 Å². The van der Waals surface area contributed by atoms with Crippen LogP contribution < -0.4 is 0 Å². The summed E-state index contributed by atoms with van der Waals surface area (Å²) in [5.74, 6) is -0.770. The predicted molar refractivity (Wildman–Crippen MR) is 196 cm³/mol. The van der Waals surface area contributed by atoms with E-state index in [0.29, 0.717) is 44.1 Å². The van der Waals surface area contributed by atoms with E-state index in [-0.39, 0.29) is 17.3 Å². The van der Waals surface area contributed by atoms with Crippen LogP contribution in [0.5, 0.6) is 0 Å². The van der Waals surface area contributed by atoms with Gasteiger partial charge in [0.05, 0.1) is 30.8 Å². The highest BCUT2D eigenvalue weighted by atomic mass is 16.7. The van der Waals surface area contributed by atoms with Crippen molar-refractivity contribution in [1.82, 2.24) is 0 Å². The fourth-order valence-electron chi connectivity index (χ4n) is 12.8. The molecule has 0 aromatic rings. The zero-order valence-corrected chi connectivity index (χ0v) is 33.6. The van der Waals surface area contributed by atoms with Crippen LogP contribution in [0.1, 0.15) is 78.6 Å². The van der Waals surface area contributed by atoms with E-state index in [0.717, 1.165) is 24.8 Å². The summed E-state index contributed by atoms with van der Waals surface area (Å²) in [7, 11) is 1.64. The number of aliphatic hydroxyl groups excluding tert-OH is 10. The Labute approximate surface area is 337 Å². The van der Waals surface area contributed by atoms with Crippen LogP contribution in [0.2, 0.25) is 0 Å². The van der Waals surface area contributed by atoms with E-state index < -0.39 is 134 Å². The summed E-state index contributed by atoms with van der Waals surface area (Å²) in [6, 6.07) is 0. The van der Waals surface area contributed by atoms with Crippen LogP contribution in [-0.4, -0.2) is 187 Å². The van der Waals surface area contributed by atoms with Crippen LogP contribution in [0.15, 0.2) is 11.1 Å². The van der Waals surface area contributed by atoms with E-state index in [1.165, 1.54) is 0 Å². The predicted octanol–water partition coefficient (Wildman–Crippen LogP) is -1.94. The number of aliphatic hydroxyl groups is 10. The Hall–Kier alpha value is -1.43. The molecule has 1 spiro atoms. The molecule has 2 bridgehead atoms. The van der Waals surface area contributed by atoms with Crippen molar-refractivity contribution < 1.29 is 89.4 Å². The van der Waals surface area contributed by atoms with Crippen LogP contribution in [0.3, 0.4) is 0 Å². The first kappa shape index (κ1) is 44.6. The maximum absolute atomic E-state index is 12.8. The molecule has 0 aromatic heterocycles. The summed E-state index contributed by atoms with van der Waals surface area (Å²) in [5, 5.41) is 118. The summed E-state index contributed by atoms with van der Waals surface area (Å²) < 4.78 is 37.2. The number of ether oxygens (including phenoxy) is 6. The molecule has 3 heterocycles. The Morgan fingerprint density at radius 1 is 0.690 bits per heavy atom. The van der Waals surface area contributed by atoms with Crippen molar-refractivity contribution in [2.75, 3.05) is 26.9 Å². The topological polar surface area (TPSA) is 295 Å². The van der Waals surface area contributed by atoms with E-state index in [9.17, 15) is 61.0 Å². The Morgan fingerprint density at radius 2 is 1.22 bits per heavy atom. The largest absolute Gasteiger partial charge is 0.481 e. The Balaban J connectivity index is 1.32. The number of rotatable bonds is 10. The smallest absolute Gasteiger partial charge is 0.309 e.